The maximum absolute atomic E-state index is 12.3. The summed E-state index contributed by atoms with van der Waals surface area (Å²) >= 11 is 5.86. The van der Waals surface area contributed by atoms with Crippen molar-refractivity contribution in [1.29, 1.82) is 0 Å². The van der Waals surface area contributed by atoms with Gasteiger partial charge in [-0.3, -0.25) is 14.5 Å². The first kappa shape index (κ1) is 21.9. The zero-order chi connectivity index (χ0) is 21.2. The second kappa shape index (κ2) is 11.4. The molecule has 0 aliphatic carbocycles. The van der Waals surface area contributed by atoms with Crippen LogP contribution in [-0.4, -0.2) is 74.1 Å². The Morgan fingerprint density at radius 1 is 0.900 bits per heavy atom. The van der Waals surface area contributed by atoms with Gasteiger partial charge in [-0.2, -0.15) is 0 Å². The van der Waals surface area contributed by atoms with Gasteiger partial charge in [0.15, 0.2) is 6.61 Å². The monoisotopic (exact) mass is 431 g/mol. The van der Waals surface area contributed by atoms with Crippen LogP contribution in [0.5, 0.6) is 11.5 Å². The van der Waals surface area contributed by atoms with Gasteiger partial charge in [-0.05, 0) is 36.4 Å². The molecule has 0 unspecified atom stereocenters. The van der Waals surface area contributed by atoms with E-state index in [1.165, 1.54) is 0 Å². The first-order valence-corrected chi connectivity index (χ1v) is 10.3. The molecule has 0 saturated carbocycles. The standard InChI is InChI=1S/C22H26ClN3O4/c23-18-6-8-20(9-7-18)29-15-14-25-10-12-26(13-11-25)22(28)16-24-21(27)17-30-19-4-2-1-3-5-19/h1-9H,10-17H2,(H,24,27). The number of halogens is 1. The summed E-state index contributed by atoms with van der Waals surface area (Å²) < 4.78 is 11.1. The van der Waals surface area contributed by atoms with Gasteiger partial charge in [0.05, 0.1) is 6.54 Å². The summed E-state index contributed by atoms with van der Waals surface area (Å²) in [6, 6.07) is 16.4. The smallest absolute Gasteiger partial charge is 0.258 e. The first-order chi connectivity index (χ1) is 14.6. The molecule has 1 aliphatic rings. The number of hydrogen-bond donors (Lipinski definition) is 1. The molecule has 0 spiro atoms. The van der Waals surface area contributed by atoms with Crippen molar-refractivity contribution < 1.29 is 19.1 Å². The summed E-state index contributed by atoms with van der Waals surface area (Å²) in [5, 5.41) is 3.30. The Bertz CT molecular complexity index is 809. The number of nitrogens with one attached hydrogen (secondary N) is 1. The summed E-state index contributed by atoms with van der Waals surface area (Å²) in [4.78, 5) is 28.2. The summed E-state index contributed by atoms with van der Waals surface area (Å²) in [5.41, 5.74) is 0. The molecule has 1 fully saturated rings. The van der Waals surface area contributed by atoms with Gasteiger partial charge >= 0.3 is 0 Å². The van der Waals surface area contributed by atoms with Crippen molar-refractivity contribution in [3.8, 4) is 11.5 Å². The molecule has 2 amide bonds. The predicted octanol–water partition coefficient (Wildman–Crippen LogP) is 2.06. The number of nitrogens with zero attached hydrogens (tertiary/aromatic N) is 2. The van der Waals surface area contributed by atoms with Gasteiger partial charge in [0.2, 0.25) is 5.91 Å². The van der Waals surface area contributed by atoms with Crippen LogP contribution in [0.2, 0.25) is 5.02 Å². The lowest BCUT2D eigenvalue weighted by atomic mass is 10.3. The number of benzene rings is 2. The highest BCUT2D eigenvalue weighted by Crippen LogP contribution is 2.15. The largest absolute Gasteiger partial charge is 0.492 e. The number of amides is 2. The van der Waals surface area contributed by atoms with E-state index < -0.39 is 0 Å². The van der Waals surface area contributed by atoms with Crippen molar-refractivity contribution in [2.24, 2.45) is 0 Å². The van der Waals surface area contributed by atoms with Crippen LogP contribution in [-0.2, 0) is 9.59 Å². The lowest BCUT2D eigenvalue weighted by Gasteiger charge is -2.34. The predicted molar refractivity (Wildman–Crippen MR) is 115 cm³/mol. The number of para-hydroxylation sites is 1. The normalized spacial score (nSPS) is 14.2. The van der Waals surface area contributed by atoms with E-state index in [0.717, 1.165) is 25.4 Å². The summed E-state index contributed by atoms with van der Waals surface area (Å²) in [5.74, 6) is 1.01. The molecule has 1 aliphatic heterocycles. The Hall–Kier alpha value is -2.77. The SMILES string of the molecule is O=C(COc1ccccc1)NCC(=O)N1CCN(CCOc2ccc(Cl)cc2)CC1. The van der Waals surface area contributed by atoms with Gasteiger partial charge in [0.1, 0.15) is 18.1 Å². The molecule has 1 heterocycles. The maximum atomic E-state index is 12.3. The van der Waals surface area contributed by atoms with Crippen molar-refractivity contribution in [2.45, 2.75) is 0 Å². The van der Waals surface area contributed by atoms with Crippen LogP contribution in [0.1, 0.15) is 0 Å². The molecule has 0 atom stereocenters. The topological polar surface area (TPSA) is 71.1 Å². The first-order valence-electron chi connectivity index (χ1n) is 9.93. The Morgan fingerprint density at radius 2 is 1.57 bits per heavy atom. The van der Waals surface area contributed by atoms with Crippen molar-refractivity contribution in [1.82, 2.24) is 15.1 Å². The van der Waals surface area contributed by atoms with Crippen LogP contribution < -0.4 is 14.8 Å². The zero-order valence-electron chi connectivity index (χ0n) is 16.8. The summed E-state index contributed by atoms with van der Waals surface area (Å²) in [7, 11) is 0. The Morgan fingerprint density at radius 3 is 2.27 bits per heavy atom. The Kier molecular flexibility index (Phi) is 8.35. The highest BCUT2D eigenvalue weighted by Gasteiger charge is 2.21. The molecule has 3 rings (SSSR count). The molecule has 8 heteroatoms. The second-order valence-corrected chi connectivity index (χ2v) is 7.34. The van der Waals surface area contributed by atoms with E-state index in [-0.39, 0.29) is 25.0 Å². The van der Waals surface area contributed by atoms with Crippen LogP contribution in [0.3, 0.4) is 0 Å². The van der Waals surface area contributed by atoms with Crippen molar-refractivity contribution in [3.63, 3.8) is 0 Å². The van der Waals surface area contributed by atoms with Gasteiger partial charge in [-0.1, -0.05) is 29.8 Å². The van der Waals surface area contributed by atoms with E-state index in [9.17, 15) is 9.59 Å². The maximum Gasteiger partial charge on any atom is 0.258 e. The molecule has 0 aromatic heterocycles. The molecule has 0 radical (unpaired) electrons. The highest BCUT2D eigenvalue weighted by atomic mass is 35.5. The number of piperazine rings is 1. The molecule has 30 heavy (non-hydrogen) atoms. The van der Waals surface area contributed by atoms with E-state index in [0.29, 0.717) is 30.5 Å². The van der Waals surface area contributed by atoms with Gasteiger partial charge in [-0.25, -0.2) is 0 Å². The van der Waals surface area contributed by atoms with Crippen molar-refractivity contribution in [3.05, 3.63) is 59.6 Å². The van der Waals surface area contributed by atoms with Crippen LogP contribution in [0.25, 0.3) is 0 Å². The van der Waals surface area contributed by atoms with Gasteiger partial charge in [0.25, 0.3) is 5.91 Å². The van der Waals surface area contributed by atoms with E-state index in [1.54, 1.807) is 29.2 Å². The molecule has 1 N–H and O–H groups in total. The molecule has 160 valence electrons. The fourth-order valence-corrected chi connectivity index (χ4v) is 3.17. The molecule has 2 aromatic rings. The van der Waals surface area contributed by atoms with E-state index >= 15 is 0 Å². The number of ether oxygens (including phenoxy) is 2. The van der Waals surface area contributed by atoms with E-state index in [2.05, 4.69) is 10.2 Å². The third-order valence-corrected chi connectivity index (χ3v) is 5.02. The van der Waals surface area contributed by atoms with Crippen LogP contribution in [0.15, 0.2) is 54.6 Å². The average molecular weight is 432 g/mol. The van der Waals surface area contributed by atoms with Gasteiger partial charge in [-0.15, -0.1) is 0 Å². The molecule has 1 saturated heterocycles. The number of carbonyl (C=O) groups is 2. The van der Waals surface area contributed by atoms with E-state index in [1.807, 2.05) is 30.3 Å². The Labute approximate surface area is 181 Å². The van der Waals surface area contributed by atoms with Crippen molar-refractivity contribution >= 4 is 23.4 Å². The second-order valence-electron chi connectivity index (χ2n) is 6.90. The summed E-state index contributed by atoms with van der Waals surface area (Å²) in [6.07, 6.45) is 0. The van der Waals surface area contributed by atoms with E-state index in [4.69, 9.17) is 21.1 Å². The summed E-state index contributed by atoms with van der Waals surface area (Å²) in [6.45, 7) is 4.06. The zero-order valence-corrected chi connectivity index (χ0v) is 17.5. The minimum absolute atomic E-state index is 0.0172. The minimum atomic E-state index is -0.315. The molecule has 2 aromatic carbocycles. The lowest BCUT2D eigenvalue weighted by Crippen LogP contribution is -2.52. The lowest BCUT2D eigenvalue weighted by molar-refractivity contribution is -0.134. The molecular weight excluding hydrogens is 406 g/mol. The third kappa shape index (κ3) is 7.24. The number of rotatable bonds is 9. The van der Waals surface area contributed by atoms with Crippen LogP contribution >= 0.6 is 11.6 Å². The average Bonchev–Trinajstić information content (AvgIpc) is 2.78. The molecular formula is C22H26ClN3O4. The quantitative estimate of drug-likeness (QED) is 0.658. The third-order valence-electron chi connectivity index (χ3n) is 4.76. The van der Waals surface area contributed by atoms with Crippen LogP contribution in [0.4, 0.5) is 0 Å². The van der Waals surface area contributed by atoms with Crippen molar-refractivity contribution in [2.75, 3.05) is 52.5 Å². The fourth-order valence-electron chi connectivity index (χ4n) is 3.05. The van der Waals surface area contributed by atoms with Crippen LogP contribution in [0, 0.1) is 0 Å². The fraction of sp³-hybridized carbons (Fsp3) is 0.364. The number of carbonyl (C=O) groups excluding carboxylic acids is 2. The highest BCUT2D eigenvalue weighted by molar-refractivity contribution is 6.30. The van der Waals surface area contributed by atoms with Gasteiger partial charge < -0.3 is 19.7 Å². The van der Waals surface area contributed by atoms with Gasteiger partial charge in [0, 0.05) is 37.7 Å². The molecule has 7 nitrogen and oxygen atoms in total. The number of hydrogen-bond acceptors (Lipinski definition) is 5. The molecule has 0 bridgehead atoms. The Balaban J connectivity index is 1.28. The minimum Gasteiger partial charge on any atom is -0.492 e.